The van der Waals surface area contributed by atoms with Gasteiger partial charge in [0.25, 0.3) is 0 Å². The van der Waals surface area contributed by atoms with Crippen LogP contribution in [0.25, 0.3) is 0 Å². The van der Waals surface area contributed by atoms with Crippen molar-refractivity contribution in [2.75, 3.05) is 26.2 Å². The predicted molar refractivity (Wildman–Crippen MR) is 89.4 cm³/mol. The third-order valence-corrected chi connectivity index (χ3v) is 4.39. The molecule has 0 aromatic heterocycles. The van der Waals surface area contributed by atoms with Crippen molar-refractivity contribution >= 4 is 5.96 Å². The first-order valence-electron chi connectivity index (χ1n) is 8.01. The van der Waals surface area contributed by atoms with Gasteiger partial charge in [0.1, 0.15) is 0 Å². The van der Waals surface area contributed by atoms with E-state index in [0.29, 0.717) is 12.0 Å². The van der Waals surface area contributed by atoms with E-state index in [1.54, 1.807) is 0 Å². The summed E-state index contributed by atoms with van der Waals surface area (Å²) in [7, 11) is 0. The standard InChI is InChI=1S/C17H28N4/c1-4-20(5-2)17(18)19-12-14(3)21-11-10-15-8-6-7-9-16(15)13-21/h6-9,14H,4-5,10-13H2,1-3H3,(H2,18,19). The number of rotatable bonds is 5. The molecule has 1 aliphatic heterocycles. The van der Waals surface area contributed by atoms with Crippen LogP contribution in [0.15, 0.2) is 29.3 Å². The summed E-state index contributed by atoms with van der Waals surface area (Å²) in [5, 5.41) is 0. The first-order valence-corrected chi connectivity index (χ1v) is 8.01. The Morgan fingerprint density at radius 1 is 1.29 bits per heavy atom. The molecule has 4 nitrogen and oxygen atoms in total. The lowest BCUT2D eigenvalue weighted by Gasteiger charge is -2.33. The van der Waals surface area contributed by atoms with Crippen LogP contribution in [0.2, 0.25) is 0 Å². The molecule has 4 heteroatoms. The van der Waals surface area contributed by atoms with Crippen LogP contribution in [0.5, 0.6) is 0 Å². The summed E-state index contributed by atoms with van der Waals surface area (Å²) in [5.41, 5.74) is 9.00. The third kappa shape index (κ3) is 3.97. The number of hydrogen-bond donors (Lipinski definition) is 1. The summed E-state index contributed by atoms with van der Waals surface area (Å²) >= 11 is 0. The Balaban J connectivity index is 1.93. The summed E-state index contributed by atoms with van der Waals surface area (Å²) in [6.45, 7) is 11.2. The summed E-state index contributed by atoms with van der Waals surface area (Å²) in [4.78, 5) is 9.17. The molecule has 0 spiro atoms. The van der Waals surface area contributed by atoms with Gasteiger partial charge in [0.2, 0.25) is 0 Å². The van der Waals surface area contributed by atoms with Crippen molar-refractivity contribution in [3.63, 3.8) is 0 Å². The zero-order valence-electron chi connectivity index (χ0n) is 13.5. The molecule has 1 aromatic carbocycles. The molecule has 0 amide bonds. The Morgan fingerprint density at radius 3 is 2.62 bits per heavy atom. The van der Waals surface area contributed by atoms with E-state index in [9.17, 15) is 0 Å². The van der Waals surface area contributed by atoms with Gasteiger partial charge < -0.3 is 10.6 Å². The van der Waals surface area contributed by atoms with E-state index in [4.69, 9.17) is 5.73 Å². The number of nitrogens with zero attached hydrogens (tertiary/aromatic N) is 3. The summed E-state index contributed by atoms with van der Waals surface area (Å²) in [6.07, 6.45) is 1.13. The molecular weight excluding hydrogens is 260 g/mol. The molecule has 21 heavy (non-hydrogen) atoms. The number of hydrogen-bond acceptors (Lipinski definition) is 2. The fraction of sp³-hybridized carbons (Fsp3) is 0.588. The number of benzene rings is 1. The van der Waals surface area contributed by atoms with E-state index in [-0.39, 0.29) is 0 Å². The van der Waals surface area contributed by atoms with Gasteiger partial charge in [-0.2, -0.15) is 0 Å². The second kappa shape index (κ2) is 7.46. The Labute approximate surface area is 128 Å². The highest BCUT2D eigenvalue weighted by atomic mass is 15.3. The van der Waals surface area contributed by atoms with Gasteiger partial charge in [-0.05, 0) is 38.3 Å². The quantitative estimate of drug-likeness (QED) is 0.666. The number of fused-ring (bicyclic) bond motifs is 1. The highest BCUT2D eigenvalue weighted by Gasteiger charge is 2.20. The lowest BCUT2D eigenvalue weighted by atomic mass is 9.99. The van der Waals surface area contributed by atoms with E-state index < -0.39 is 0 Å². The minimum absolute atomic E-state index is 0.424. The summed E-state index contributed by atoms with van der Waals surface area (Å²) in [5.74, 6) is 0.671. The average Bonchev–Trinajstić information content (AvgIpc) is 2.53. The van der Waals surface area contributed by atoms with Crippen molar-refractivity contribution in [2.24, 2.45) is 10.7 Å². The van der Waals surface area contributed by atoms with Gasteiger partial charge in [-0.25, -0.2) is 0 Å². The Bertz CT molecular complexity index is 479. The van der Waals surface area contributed by atoms with Crippen molar-refractivity contribution in [3.05, 3.63) is 35.4 Å². The van der Waals surface area contributed by atoms with Crippen LogP contribution in [0.3, 0.4) is 0 Å². The topological polar surface area (TPSA) is 44.9 Å². The maximum absolute atomic E-state index is 6.05. The zero-order chi connectivity index (χ0) is 15.2. The molecule has 1 heterocycles. The van der Waals surface area contributed by atoms with Crippen molar-refractivity contribution in [2.45, 2.75) is 39.8 Å². The molecule has 0 radical (unpaired) electrons. The normalized spacial score (nSPS) is 17.4. The largest absolute Gasteiger partial charge is 0.370 e. The minimum Gasteiger partial charge on any atom is -0.370 e. The smallest absolute Gasteiger partial charge is 0.191 e. The number of nitrogens with two attached hydrogens (primary N) is 1. The second-order valence-corrected chi connectivity index (χ2v) is 5.71. The highest BCUT2D eigenvalue weighted by molar-refractivity contribution is 5.78. The molecule has 1 atom stereocenters. The molecule has 2 rings (SSSR count). The molecule has 0 saturated carbocycles. The molecule has 116 valence electrons. The van der Waals surface area contributed by atoms with E-state index in [1.165, 1.54) is 11.1 Å². The van der Waals surface area contributed by atoms with Crippen LogP contribution < -0.4 is 5.73 Å². The molecule has 0 aliphatic carbocycles. The summed E-state index contributed by atoms with van der Waals surface area (Å²) in [6, 6.07) is 9.17. The van der Waals surface area contributed by atoms with Gasteiger partial charge >= 0.3 is 0 Å². The van der Waals surface area contributed by atoms with E-state index >= 15 is 0 Å². The van der Waals surface area contributed by atoms with Crippen LogP contribution >= 0.6 is 0 Å². The predicted octanol–water partition coefficient (Wildman–Crippen LogP) is 2.09. The van der Waals surface area contributed by atoms with Crippen LogP contribution in [0, 0.1) is 0 Å². The fourth-order valence-electron chi connectivity index (χ4n) is 2.88. The van der Waals surface area contributed by atoms with Crippen LogP contribution in [0.4, 0.5) is 0 Å². The number of aliphatic imine (C=N–C) groups is 1. The molecule has 1 aromatic rings. The highest BCUT2D eigenvalue weighted by Crippen LogP contribution is 2.20. The van der Waals surface area contributed by atoms with E-state index in [0.717, 1.165) is 39.1 Å². The first-order chi connectivity index (χ1) is 10.2. The maximum Gasteiger partial charge on any atom is 0.191 e. The molecule has 1 aliphatic rings. The molecule has 0 saturated heterocycles. The van der Waals surface area contributed by atoms with Gasteiger partial charge in [0, 0.05) is 32.2 Å². The van der Waals surface area contributed by atoms with Crippen LogP contribution in [-0.4, -0.2) is 48.0 Å². The first kappa shape index (κ1) is 15.8. The second-order valence-electron chi connectivity index (χ2n) is 5.71. The van der Waals surface area contributed by atoms with Gasteiger partial charge in [0.15, 0.2) is 5.96 Å². The van der Waals surface area contributed by atoms with Gasteiger partial charge in [-0.1, -0.05) is 24.3 Å². The molecular formula is C17H28N4. The van der Waals surface area contributed by atoms with Crippen molar-refractivity contribution in [3.8, 4) is 0 Å². The van der Waals surface area contributed by atoms with Gasteiger partial charge in [0.05, 0.1) is 6.54 Å². The summed E-state index contributed by atoms with van der Waals surface area (Å²) < 4.78 is 0. The Kier molecular flexibility index (Phi) is 5.62. The maximum atomic E-state index is 6.05. The van der Waals surface area contributed by atoms with Gasteiger partial charge in [-0.3, -0.25) is 9.89 Å². The molecule has 0 fully saturated rings. The van der Waals surface area contributed by atoms with Crippen LogP contribution in [0.1, 0.15) is 31.9 Å². The lowest BCUT2D eigenvalue weighted by Crippen LogP contribution is -2.41. The van der Waals surface area contributed by atoms with Crippen molar-refractivity contribution in [1.82, 2.24) is 9.80 Å². The monoisotopic (exact) mass is 288 g/mol. The zero-order valence-corrected chi connectivity index (χ0v) is 13.5. The minimum atomic E-state index is 0.424. The average molecular weight is 288 g/mol. The van der Waals surface area contributed by atoms with Crippen LogP contribution in [-0.2, 0) is 13.0 Å². The third-order valence-electron chi connectivity index (χ3n) is 4.39. The SMILES string of the molecule is CCN(CC)C(N)=NCC(C)N1CCc2ccccc2C1. The Hall–Kier alpha value is -1.55. The van der Waals surface area contributed by atoms with Crippen molar-refractivity contribution in [1.29, 1.82) is 0 Å². The van der Waals surface area contributed by atoms with Gasteiger partial charge in [-0.15, -0.1) is 0 Å². The molecule has 0 bridgehead atoms. The molecule has 1 unspecified atom stereocenters. The van der Waals surface area contributed by atoms with Crippen molar-refractivity contribution < 1.29 is 0 Å². The number of guanidine groups is 1. The van der Waals surface area contributed by atoms with E-state index in [2.05, 4.69) is 59.8 Å². The van der Waals surface area contributed by atoms with E-state index in [1.807, 2.05) is 0 Å². The Morgan fingerprint density at radius 2 is 1.95 bits per heavy atom. The molecule has 2 N–H and O–H groups in total. The lowest BCUT2D eigenvalue weighted by molar-refractivity contribution is 0.195. The fourth-order valence-corrected chi connectivity index (χ4v) is 2.88.